The number of anilines is 2. The minimum atomic E-state index is 0.999. The number of nitrogens with zero attached hydrogens (tertiary/aromatic N) is 2. The van der Waals surface area contributed by atoms with E-state index in [1.165, 1.54) is 63.5 Å². The van der Waals surface area contributed by atoms with Gasteiger partial charge < -0.3 is 9.47 Å². The Morgan fingerprint density at radius 2 is 1.18 bits per heavy atom. The Bertz CT molecular complexity index is 2980. The molecular formula is C48H32N2S. The Hall–Kier alpha value is -6.42. The molecule has 3 heteroatoms. The minimum Gasteiger partial charge on any atom is -0.310 e. The summed E-state index contributed by atoms with van der Waals surface area (Å²) in [5.41, 5.74) is 7.87. The van der Waals surface area contributed by atoms with Crippen molar-refractivity contribution in [1.82, 2.24) is 4.57 Å². The molecule has 0 atom stereocenters. The summed E-state index contributed by atoms with van der Waals surface area (Å²) in [5, 5.41) is 10.1. The van der Waals surface area contributed by atoms with Crippen molar-refractivity contribution >= 4 is 92.3 Å². The highest BCUT2D eigenvalue weighted by Gasteiger charge is 2.23. The first-order valence-electron chi connectivity index (χ1n) is 17.3. The lowest BCUT2D eigenvalue weighted by molar-refractivity contribution is 1.18. The fourth-order valence-corrected chi connectivity index (χ4v) is 9.11. The van der Waals surface area contributed by atoms with Crippen LogP contribution in [0.25, 0.3) is 75.3 Å². The molecular weight excluding hydrogens is 637 g/mol. The first-order valence-corrected chi connectivity index (χ1v) is 18.1. The van der Waals surface area contributed by atoms with Crippen LogP contribution in [0.3, 0.4) is 0 Å². The van der Waals surface area contributed by atoms with Gasteiger partial charge in [0, 0.05) is 49.0 Å². The lowest BCUT2D eigenvalue weighted by Gasteiger charge is -2.27. The maximum Gasteiger partial charge on any atom is 0.0726 e. The zero-order valence-corrected chi connectivity index (χ0v) is 28.6. The smallest absolute Gasteiger partial charge is 0.0726 e. The van der Waals surface area contributed by atoms with E-state index in [1.54, 1.807) is 0 Å². The van der Waals surface area contributed by atoms with E-state index >= 15 is 0 Å². The zero-order chi connectivity index (χ0) is 33.9. The fraction of sp³-hybridized carbons (Fsp3) is 0. The highest BCUT2D eigenvalue weighted by Crippen LogP contribution is 2.48. The van der Waals surface area contributed by atoms with Crippen LogP contribution in [0.1, 0.15) is 5.56 Å². The van der Waals surface area contributed by atoms with E-state index in [9.17, 15) is 0 Å². The van der Waals surface area contributed by atoms with Gasteiger partial charge in [-0.3, -0.25) is 0 Å². The van der Waals surface area contributed by atoms with Crippen molar-refractivity contribution in [2.24, 2.45) is 0 Å². The van der Waals surface area contributed by atoms with Crippen molar-refractivity contribution in [2.45, 2.75) is 0 Å². The average molecular weight is 669 g/mol. The SMILES string of the molecule is C=C/C(=C\c1ccccc1)N(c1ccc2ccccc2c1)c1ccc2c(c1)c1c3ccccc3c3c4ccccc4sc3c1n2-c1ccccc1. The van der Waals surface area contributed by atoms with Gasteiger partial charge >= 0.3 is 0 Å². The molecule has 0 spiro atoms. The highest BCUT2D eigenvalue weighted by molar-refractivity contribution is 7.27. The number of allylic oxidation sites excluding steroid dienone is 1. The number of thiophene rings is 1. The van der Waals surface area contributed by atoms with E-state index in [-0.39, 0.29) is 0 Å². The summed E-state index contributed by atoms with van der Waals surface area (Å²) in [6, 6.07) is 61.3. The van der Waals surface area contributed by atoms with E-state index in [0.717, 1.165) is 28.3 Å². The van der Waals surface area contributed by atoms with Crippen LogP contribution in [-0.2, 0) is 0 Å². The van der Waals surface area contributed by atoms with Gasteiger partial charge in [0.15, 0.2) is 0 Å². The van der Waals surface area contributed by atoms with Gasteiger partial charge in [-0.2, -0.15) is 0 Å². The third-order valence-corrected chi connectivity index (χ3v) is 11.2. The summed E-state index contributed by atoms with van der Waals surface area (Å²) in [4.78, 5) is 2.34. The van der Waals surface area contributed by atoms with Crippen LogP contribution in [0.4, 0.5) is 11.4 Å². The molecule has 0 radical (unpaired) electrons. The number of fused-ring (bicyclic) bond motifs is 11. The van der Waals surface area contributed by atoms with Crippen LogP contribution >= 0.6 is 11.3 Å². The molecule has 0 unspecified atom stereocenters. The monoisotopic (exact) mass is 668 g/mol. The molecule has 0 bridgehead atoms. The Morgan fingerprint density at radius 3 is 1.96 bits per heavy atom. The van der Waals surface area contributed by atoms with Crippen molar-refractivity contribution in [1.29, 1.82) is 0 Å². The molecule has 0 aliphatic carbocycles. The Morgan fingerprint density at radius 1 is 0.549 bits per heavy atom. The largest absolute Gasteiger partial charge is 0.310 e. The lowest BCUT2D eigenvalue weighted by atomic mass is 9.98. The number of benzene rings is 8. The molecule has 2 heterocycles. The molecule has 240 valence electrons. The van der Waals surface area contributed by atoms with Crippen LogP contribution in [0.5, 0.6) is 0 Å². The molecule has 0 aliphatic rings. The second-order valence-electron chi connectivity index (χ2n) is 13.0. The van der Waals surface area contributed by atoms with Crippen LogP contribution in [0.2, 0.25) is 0 Å². The summed E-state index contributed by atoms with van der Waals surface area (Å²) < 4.78 is 5.10. The van der Waals surface area contributed by atoms with E-state index in [1.807, 2.05) is 17.4 Å². The molecule has 0 aliphatic heterocycles. The van der Waals surface area contributed by atoms with Gasteiger partial charge in [-0.15, -0.1) is 11.3 Å². The molecule has 10 rings (SSSR count). The van der Waals surface area contributed by atoms with Crippen LogP contribution in [0, 0.1) is 0 Å². The van der Waals surface area contributed by atoms with Crippen LogP contribution < -0.4 is 4.90 Å². The standard InChI is InChI=1S/C48H32N2S/c1-2-35(29-32-15-5-3-6-16-32)49(37-26-25-33-17-9-10-18-34(33)30-37)38-27-28-43-42(31-38)45-39-21-11-12-22-40(39)46-41-23-13-14-24-44(41)51-48(46)47(45)50(43)36-19-7-4-8-20-36/h2-31H,1H2/b35-29+. The van der Waals surface area contributed by atoms with Gasteiger partial charge in [0.05, 0.1) is 15.7 Å². The fourth-order valence-electron chi connectivity index (χ4n) is 7.85. The number of hydrogen-bond donors (Lipinski definition) is 0. The molecule has 0 fully saturated rings. The van der Waals surface area contributed by atoms with Gasteiger partial charge in [-0.1, -0.05) is 128 Å². The van der Waals surface area contributed by atoms with Crippen molar-refractivity contribution < 1.29 is 0 Å². The minimum absolute atomic E-state index is 0.999. The molecule has 51 heavy (non-hydrogen) atoms. The van der Waals surface area contributed by atoms with Crippen LogP contribution in [0.15, 0.2) is 188 Å². The van der Waals surface area contributed by atoms with E-state index in [4.69, 9.17) is 0 Å². The topological polar surface area (TPSA) is 8.17 Å². The number of hydrogen-bond acceptors (Lipinski definition) is 2. The third-order valence-electron chi connectivity index (χ3n) is 10.1. The molecule has 0 saturated heterocycles. The molecule has 2 aromatic heterocycles. The molecule has 2 nitrogen and oxygen atoms in total. The van der Waals surface area contributed by atoms with Gasteiger partial charge in [0.25, 0.3) is 0 Å². The molecule has 0 saturated carbocycles. The van der Waals surface area contributed by atoms with E-state index in [2.05, 4.69) is 192 Å². The predicted octanol–water partition coefficient (Wildman–Crippen LogP) is 13.8. The third kappa shape index (κ3) is 4.70. The maximum absolute atomic E-state index is 4.33. The average Bonchev–Trinajstić information content (AvgIpc) is 3.75. The normalized spacial score (nSPS) is 12.1. The summed E-state index contributed by atoms with van der Waals surface area (Å²) in [7, 11) is 0. The Balaban J connectivity index is 1.34. The van der Waals surface area contributed by atoms with Gasteiger partial charge in [0.1, 0.15) is 0 Å². The number of rotatable bonds is 6. The highest BCUT2D eigenvalue weighted by atomic mass is 32.1. The first kappa shape index (κ1) is 29.5. The summed E-state index contributed by atoms with van der Waals surface area (Å²) in [6.45, 7) is 4.33. The van der Waals surface area contributed by atoms with E-state index < -0.39 is 0 Å². The van der Waals surface area contributed by atoms with E-state index in [0.29, 0.717) is 0 Å². The van der Waals surface area contributed by atoms with Crippen molar-refractivity contribution in [3.63, 3.8) is 0 Å². The van der Waals surface area contributed by atoms with Gasteiger partial charge in [0.2, 0.25) is 0 Å². The van der Waals surface area contributed by atoms with Gasteiger partial charge in [-0.25, -0.2) is 0 Å². The predicted molar refractivity (Wildman–Crippen MR) is 222 cm³/mol. The first-order chi connectivity index (χ1) is 25.3. The summed E-state index contributed by atoms with van der Waals surface area (Å²) >= 11 is 1.89. The summed E-state index contributed by atoms with van der Waals surface area (Å²) in [5.74, 6) is 0. The Kier molecular flexibility index (Phi) is 6.87. The quantitative estimate of drug-likeness (QED) is 0.160. The van der Waals surface area contributed by atoms with Crippen LogP contribution in [-0.4, -0.2) is 4.57 Å². The molecule has 10 aromatic rings. The van der Waals surface area contributed by atoms with Crippen molar-refractivity contribution in [3.8, 4) is 5.69 Å². The molecule has 0 N–H and O–H groups in total. The summed E-state index contributed by atoms with van der Waals surface area (Å²) in [6.07, 6.45) is 4.19. The van der Waals surface area contributed by atoms with Crippen molar-refractivity contribution in [3.05, 3.63) is 194 Å². The number of aromatic nitrogens is 1. The second kappa shape index (κ2) is 11.9. The van der Waals surface area contributed by atoms with Crippen molar-refractivity contribution in [2.75, 3.05) is 4.90 Å². The Labute approximate surface area is 300 Å². The molecule has 0 amide bonds. The van der Waals surface area contributed by atoms with Gasteiger partial charge in [-0.05, 0) is 87.8 Å². The molecule has 8 aromatic carbocycles. The zero-order valence-electron chi connectivity index (χ0n) is 27.8. The number of para-hydroxylation sites is 1. The maximum atomic E-state index is 4.33. The lowest BCUT2D eigenvalue weighted by Crippen LogP contribution is -2.15. The second-order valence-corrected chi connectivity index (χ2v) is 14.0.